The molecule has 0 fully saturated rings. The monoisotopic (exact) mass is 243 g/mol. The fraction of sp³-hybridized carbons (Fsp3) is 0.500. The largest absolute Gasteiger partial charge is 0.329 e. The lowest BCUT2D eigenvalue weighted by molar-refractivity contribution is 0.581. The number of rotatable bonds is 5. The van der Waals surface area contributed by atoms with E-state index in [9.17, 15) is 8.42 Å². The minimum atomic E-state index is -3.41. The van der Waals surface area contributed by atoms with Crippen LogP contribution < -0.4 is 10.5 Å². The number of nitrogens with two attached hydrogens (primary N) is 1. The van der Waals surface area contributed by atoms with Gasteiger partial charge < -0.3 is 5.73 Å². The number of pyridine rings is 1. The average Bonchev–Trinajstić information content (AvgIpc) is 2.22. The summed E-state index contributed by atoms with van der Waals surface area (Å²) in [4.78, 5) is 3.88. The van der Waals surface area contributed by atoms with Crippen LogP contribution in [0.1, 0.15) is 18.9 Å². The molecule has 0 amide bonds. The van der Waals surface area contributed by atoms with Crippen LogP contribution in [-0.4, -0.2) is 25.2 Å². The normalized spacial score (nSPS) is 13.4. The topological polar surface area (TPSA) is 85.1 Å². The number of anilines is 1. The van der Waals surface area contributed by atoms with Gasteiger partial charge in [-0.25, -0.2) is 8.42 Å². The van der Waals surface area contributed by atoms with Gasteiger partial charge in [-0.1, -0.05) is 6.92 Å². The zero-order chi connectivity index (χ0) is 12.2. The van der Waals surface area contributed by atoms with Gasteiger partial charge in [-0.2, -0.15) is 0 Å². The first-order valence-electron chi connectivity index (χ1n) is 5.13. The Hall–Kier alpha value is -1.14. The summed E-state index contributed by atoms with van der Waals surface area (Å²) in [7, 11) is -3.41. The molecule has 90 valence electrons. The molecule has 5 nitrogen and oxygen atoms in total. The first-order chi connectivity index (χ1) is 7.51. The number of aryl methyl sites for hydroxylation is 1. The molecule has 0 aliphatic rings. The van der Waals surface area contributed by atoms with E-state index < -0.39 is 15.3 Å². The molecule has 0 spiro atoms. The van der Waals surface area contributed by atoms with Crippen molar-refractivity contribution in [2.75, 3.05) is 11.3 Å². The second-order valence-corrected chi connectivity index (χ2v) is 5.56. The summed E-state index contributed by atoms with van der Waals surface area (Å²) >= 11 is 0. The third kappa shape index (κ3) is 2.93. The standard InChI is InChI=1S/C10H17N3O2S/c1-3-9(6-11)16(14,15)13-10-7-12-5-4-8(10)2/h4-5,7,9,13H,3,6,11H2,1-2H3. The van der Waals surface area contributed by atoms with Gasteiger partial charge in [0.1, 0.15) is 0 Å². The molecule has 1 aromatic heterocycles. The molecule has 1 rings (SSSR count). The molecule has 1 heterocycles. The van der Waals surface area contributed by atoms with E-state index in [1.54, 1.807) is 19.2 Å². The van der Waals surface area contributed by atoms with Gasteiger partial charge in [0.15, 0.2) is 0 Å². The lowest BCUT2D eigenvalue weighted by atomic mass is 10.3. The van der Waals surface area contributed by atoms with Crippen molar-refractivity contribution in [3.63, 3.8) is 0 Å². The molecule has 0 aliphatic carbocycles. The van der Waals surface area contributed by atoms with E-state index in [1.165, 1.54) is 6.20 Å². The zero-order valence-corrected chi connectivity index (χ0v) is 10.3. The quantitative estimate of drug-likeness (QED) is 0.803. The molecule has 1 unspecified atom stereocenters. The third-order valence-corrected chi connectivity index (χ3v) is 4.36. The Kier molecular flexibility index (Phi) is 4.26. The fourth-order valence-corrected chi connectivity index (χ4v) is 2.70. The maximum absolute atomic E-state index is 11.9. The second kappa shape index (κ2) is 5.27. The molecule has 1 aromatic rings. The van der Waals surface area contributed by atoms with Crippen LogP contribution >= 0.6 is 0 Å². The molecular weight excluding hydrogens is 226 g/mol. The minimum Gasteiger partial charge on any atom is -0.329 e. The summed E-state index contributed by atoms with van der Waals surface area (Å²) < 4.78 is 26.3. The number of aromatic nitrogens is 1. The Morgan fingerprint density at radius 2 is 2.25 bits per heavy atom. The summed E-state index contributed by atoms with van der Waals surface area (Å²) in [5, 5.41) is -0.563. The van der Waals surface area contributed by atoms with Crippen molar-refractivity contribution in [3.05, 3.63) is 24.0 Å². The highest BCUT2D eigenvalue weighted by Gasteiger charge is 2.22. The smallest absolute Gasteiger partial charge is 0.236 e. The molecule has 3 N–H and O–H groups in total. The second-order valence-electron chi connectivity index (χ2n) is 3.60. The van der Waals surface area contributed by atoms with E-state index in [0.29, 0.717) is 12.1 Å². The first kappa shape index (κ1) is 12.9. The minimum absolute atomic E-state index is 0.116. The summed E-state index contributed by atoms with van der Waals surface area (Å²) in [6, 6.07) is 1.75. The maximum atomic E-state index is 11.9. The van der Waals surface area contributed by atoms with E-state index in [4.69, 9.17) is 5.73 Å². The Bertz CT molecular complexity index is 441. The summed E-state index contributed by atoms with van der Waals surface area (Å²) in [6.07, 6.45) is 3.61. The molecule has 0 bridgehead atoms. The molecule has 0 aromatic carbocycles. The van der Waals surface area contributed by atoms with Crippen molar-refractivity contribution in [2.45, 2.75) is 25.5 Å². The number of hydrogen-bond acceptors (Lipinski definition) is 4. The summed E-state index contributed by atoms with van der Waals surface area (Å²) in [6.45, 7) is 3.74. The van der Waals surface area contributed by atoms with Crippen LogP contribution in [0.2, 0.25) is 0 Å². The van der Waals surface area contributed by atoms with E-state index in [-0.39, 0.29) is 6.54 Å². The van der Waals surface area contributed by atoms with Crippen molar-refractivity contribution in [1.82, 2.24) is 4.98 Å². The predicted octanol–water partition coefficient (Wildman–Crippen LogP) is 0.869. The number of hydrogen-bond donors (Lipinski definition) is 2. The van der Waals surface area contributed by atoms with Gasteiger partial charge in [0, 0.05) is 12.7 Å². The fourth-order valence-electron chi connectivity index (χ4n) is 1.32. The molecular formula is C10H17N3O2S. The van der Waals surface area contributed by atoms with Crippen LogP contribution in [0.5, 0.6) is 0 Å². The molecule has 0 aliphatic heterocycles. The van der Waals surface area contributed by atoms with Crippen LogP contribution in [-0.2, 0) is 10.0 Å². The molecule has 1 atom stereocenters. The third-order valence-electron chi connectivity index (χ3n) is 2.45. The zero-order valence-electron chi connectivity index (χ0n) is 9.47. The van der Waals surface area contributed by atoms with Gasteiger partial charge in [0.05, 0.1) is 17.1 Å². The SMILES string of the molecule is CCC(CN)S(=O)(=O)Nc1cnccc1C. The molecule has 0 saturated carbocycles. The predicted molar refractivity (Wildman–Crippen MR) is 64.6 cm³/mol. The number of nitrogens with zero attached hydrogens (tertiary/aromatic N) is 1. The van der Waals surface area contributed by atoms with Gasteiger partial charge in [0.25, 0.3) is 0 Å². The van der Waals surface area contributed by atoms with Crippen molar-refractivity contribution < 1.29 is 8.42 Å². The van der Waals surface area contributed by atoms with Crippen molar-refractivity contribution >= 4 is 15.7 Å². The molecule has 16 heavy (non-hydrogen) atoms. The Labute approximate surface area is 96.1 Å². The van der Waals surface area contributed by atoms with Gasteiger partial charge in [-0.3, -0.25) is 9.71 Å². The maximum Gasteiger partial charge on any atom is 0.236 e. The molecule has 0 saturated heterocycles. The van der Waals surface area contributed by atoms with Gasteiger partial charge in [0.2, 0.25) is 10.0 Å². The Balaban J connectivity index is 2.93. The Morgan fingerprint density at radius 1 is 1.56 bits per heavy atom. The van der Waals surface area contributed by atoms with E-state index in [1.807, 2.05) is 6.92 Å². The average molecular weight is 243 g/mol. The van der Waals surface area contributed by atoms with Crippen LogP contribution in [0.25, 0.3) is 0 Å². The van der Waals surface area contributed by atoms with Gasteiger partial charge in [-0.15, -0.1) is 0 Å². The van der Waals surface area contributed by atoms with Crippen molar-refractivity contribution in [3.8, 4) is 0 Å². The van der Waals surface area contributed by atoms with Crippen LogP contribution in [0.15, 0.2) is 18.5 Å². The number of sulfonamides is 1. The lowest BCUT2D eigenvalue weighted by Gasteiger charge is -2.16. The van der Waals surface area contributed by atoms with Crippen molar-refractivity contribution in [1.29, 1.82) is 0 Å². The highest BCUT2D eigenvalue weighted by molar-refractivity contribution is 7.93. The van der Waals surface area contributed by atoms with E-state index >= 15 is 0 Å². The van der Waals surface area contributed by atoms with E-state index in [0.717, 1.165) is 5.56 Å². The lowest BCUT2D eigenvalue weighted by Crippen LogP contribution is -2.33. The highest BCUT2D eigenvalue weighted by atomic mass is 32.2. The molecule has 6 heteroatoms. The highest BCUT2D eigenvalue weighted by Crippen LogP contribution is 2.16. The van der Waals surface area contributed by atoms with Crippen LogP contribution in [0, 0.1) is 6.92 Å². The Morgan fingerprint density at radius 3 is 2.75 bits per heavy atom. The number of nitrogens with one attached hydrogen (secondary N) is 1. The van der Waals surface area contributed by atoms with Gasteiger partial charge >= 0.3 is 0 Å². The molecule has 0 radical (unpaired) electrons. The van der Waals surface area contributed by atoms with Crippen LogP contribution in [0.3, 0.4) is 0 Å². The summed E-state index contributed by atoms with van der Waals surface area (Å²) in [5.74, 6) is 0. The van der Waals surface area contributed by atoms with E-state index in [2.05, 4.69) is 9.71 Å². The van der Waals surface area contributed by atoms with Gasteiger partial charge in [-0.05, 0) is 25.0 Å². The summed E-state index contributed by atoms with van der Waals surface area (Å²) in [5.41, 5.74) is 6.77. The first-order valence-corrected chi connectivity index (χ1v) is 6.68. The van der Waals surface area contributed by atoms with Crippen LogP contribution in [0.4, 0.5) is 5.69 Å². The van der Waals surface area contributed by atoms with Crippen molar-refractivity contribution in [2.24, 2.45) is 5.73 Å².